The summed E-state index contributed by atoms with van der Waals surface area (Å²) in [4.78, 5) is 0. The summed E-state index contributed by atoms with van der Waals surface area (Å²) in [5.74, 6) is 0. The molecular formula is C16H21NO2. The third-order valence-electron chi connectivity index (χ3n) is 3.38. The van der Waals surface area contributed by atoms with Gasteiger partial charge in [0.1, 0.15) is 0 Å². The van der Waals surface area contributed by atoms with E-state index in [1.807, 2.05) is 43.3 Å². The van der Waals surface area contributed by atoms with Crippen molar-refractivity contribution in [3.05, 3.63) is 48.0 Å². The van der Waals surface area contributed by atoms with Crippen LogP contribution in [0.4, 0.5) is 0 Å². The molecule has 0 aromatic heterocycles. The summed E-state index contributed by atoms with van der Waals surface area (Å²) < 4.78 is 0. The number of rotatable bonds is 6. The van der Waals surface area contributed by atoms with E-state index in [0.29, 0.717) is 13.0 Å². The molecule has 0 heterocycles. The number of aliphatic hydroxyl groups is 2. The van der Waals surface area contributed by atoms with Gasteiger partial charge in [0.15, 0.2) is 0 Å². The molecule has 0 saturated carbocycles. The number of aliphatic hydroxyl groups excluding tert-OH is 2. The van der Waals surface area contributed by atoms with Gasteiger partial charge in [-0.25, -0.2) is 0 Å². The predicted octanol–water partition coefficient (Wildman–Crippen LogP) is 2.23. The third kappa shape index (κ3) is 3.77. The van der Waals surface area contributed by atoms with Crippen molar-refractivity contribution in [3.63, 3.8) is 0 Å². The monoisotopic (exact) mass is 259 g/mol. The molecule has 3 heteroatoms. The van der Waals surface area contributed by atoms with E-state index in [-0.39, 0.29) is 12.6 Å². The molecule has 0 radical (unpaired) electrons. The number of hydrogen-bond donors (Lipinski definition) is 3. The lowest BCUT2D eigenvalue weighted by molar-refractivity contribution is 0.167. The Labute approximate surface area is 113 Å². The minimum absolute atomic E-state index is 0.167. The average Bonchev–Trinajstić information content (AvgIpc) is 2.44. The van der Waals surface area contributed by atoms with Crippen LogP contribution in [0.2, 0.25) is 0 Å². The summed E-state index contributed by atoms with van der Waals surface area (Å²) in [6, 6.07) is 14.4. The Kier molecular flexibility index (Phi) is 4.91. The highest BCUT2D eigenvalue weighted by Crippen LogP contribution is 2.20. The first-order chi connectivity index (χ1) is 9.20. The van der Waals surface area contributed by atoms with Gasteiger partial charge in [-0.2, -0.15) is 0 Å². The molecule has 0 amide bonds. The number of hydrogen-bond acceptors (Lipinski definition) is 3. The molecular weight excluding hydrogens is 238 g/mol. The van der Waals surface area contributed by atoms with E-state index in [4.69, 9.17) is 5.11 Å². The van der Waals surface area contributed by atoms with Crippen molar-refractivity contribution in [2.24, 2.45) is 0 Å². The fourth-order valence-corrected chi connectivity index (χ4v) is 2.14. The highest BCUT2D eigenvalue weighted by molar-refractivity contribution is 5.83. The molecule has 102 valence electrons. The summed E-state index contributed by atoms with van der Waals surface area (Å²) in [5.41, 5.74) is 0.919. The van der Waals surface area contributed by atoms with E-state index in [9.17, 15) is 5.11 Å². The zero-order valence-corrected chi connectivity index (χ0v) is 11.2. The van der Waals surface area contributed by atoms with Gasteiger partial charge in [-0.05, 0) is 35.7 Å². The fraction of sp³-hybridized carbons (Fsp3) is 0.375. The summed E-state index contributed by atoms with van der Waals surface area (Å²) >= 11 is 0. The molecule has 2 aromatic rings. The molecule has 0 aliphatic rings. The lowest BCUT2D eigenvalue weighted by Gasteiger charge is -2.17. The Morgan fingerprint density at radius 3 is 2.58 bits per heavy atom. The van der Waals surface area contributed by atoms with Crippen molar-refractivity contribution >= 4 is 10.8 Å². The van der Waals surface area contributed by atoms with Crippen LogP contribution in [0, 0.1) is 0 Å². The first-order valence-electron chi connectivity index (χ1n) is 6.71. The molecule has 2 aromatic carbocycles. The molecule has 0 fully saturated rings. The quantitative estimate of drug-likeness (QED) is 0.745. The summed E-state index contributed by atoms with van der Waals surface area (Å²) in [7, 11) is 0. The molecule has 2 rings (SSSR count). The summed E-state index contributed by atoms with van der Waals surface area (Å²) in [6.07, 6.45) is 0.176. The van der Waals surface area contributed by atoms with Crippen molar-refractivity contribution in [1.82, 2.24) is 5.32 Å². The van der Waals surface area contributed by atoms with E-state index >= 15 is 0 Å². The molecule has 3 nitrogen and oxygen atoms in total. The molecule has 0 aliphatic heterocycles. The number of fused-ring (bicyclic) bond motifs is 1. The second kappa shape index (κ2) is 6.66. The Hall–Kier alpha value is -1.42. The van der Waals surface area contributed by atoms with Crippen molar-refractivity contribution in [3.8, 4) is 0 Å². The maximum atomic E-state index is 10.2. The topological polar surface area (TPSA) is 52.5 Å². The van der Waals surface area contributed by atoms with Crippen LogP contribution in [-0.4, -0.2) is 29.4 Å². The van der Waals surface area contributed by atoms with Gasteiger partial charge in [0.2, 0.25) is 0 Å². The maximum absolute atomic E-state index is 10.2. The predicted molar refractivity (Wildman–Crippen MR) is 78.1 cm³/mol. The molecule has 3 N–H and O–H groups in total. The molecule has 2 unspecified atom stereocenters. The molecule has 19 heavy (non-hydrogen) atoms. The van der Waals surface area contributed by atoms with E-state index < -0.39 is 6.10 Å². The van der Waals surface area contributed by atoms with E-state index in [1.54, 1.807) is 0 Å². The van der Waals surface area contributed by atoms with Gasteiger partial charge in [0.25, 0.3) is 0 Å². The van der Waals surface area contributed by atoms with Crippen LogP contribution in [0.1, 0.15) is 25.0 Å². The first kappa shape index (κ1) is 14.0. The van der Waals surface area contributed by atoms with Crippen LogP contribution in [-0.2, 0) is 0 Å². The highest BCUT2D eigenvalue weighted by atomic mass is 16.3. The van der Waals surface area contributed by atoms with Gasteiger partial charge in [-0.3, -0.25) is 0 Å². The third-order valence-corrected chi connectivity index (χ3v) is 3.38. The lowest BCUT2D eigenvalue weighted by atomic mass is 10.0. The van der Waals surface area contributed by atoms with E-state index in [1.165, 1.54) is 5.39 Å². The molecule has 0 saturated heterocycles. The van der Waals surface area contributed by atoms with Crippen LogP contribution < -0.4 is 5.32 Å². The van der Waals surface area contributed by atoms with Crippen LogP contribution in [0.5, 0.6) is 0 Å². The van der Waals surface area contributed by atoms with Crippen molar-refractivity contribution in [2.45, 2.75) is 25.5 Å². The van der Waals surface area contributed by atoms with E-state index in [2.05, 4.69) is 11.4 Å². The van der Waals surface area contributed by atoms with Gasteiger partial charge >= 0.3 is 0 Å². The van der Waals surface area contributed by atoms with Gasteiger partial charge < -0.3 is 15.5 Å². The zero-order chi connectivity index (χ0) is 13.7. The summed E-state index contributed by atoms with van der Waals surface area (Å²) in [6.45, 7) is 2.67. The normalized spacial score (nSPS) is 14.5. The highest BCUT2D eigenvalue weighted by Gasteiger charge is 2.09. The second-order valence-corrected chi connectivity index (χ2v) is 4.94. The Balaban J connectivity index is 2.02. The van der Waals surface area contributed by atoms with Crippen LogP contribution in [0.15, 0.2) is 42.5 Å². The molecule has 2 atom stereocenters. The maximum Gasteiger partial charge on any atom is 0.0914 e. The Bertz CT molecular complexity index is 527. The van der Waals surface area contributed by atoms with Crippen molar-refractivity contribution < 1.29 is 10.2 Å². The molecule has 0 bridgehead atoms. The van der Waals surface area contributed by atoms with Gasteiger partial charge in [-0.1, -0.05) is 36.4 Å². The number of nitrogens with one attached hydrogen (secondary N) is 1. The summed E-state index contributed by atoms with van der Waals surface area (Å²) in [5, 5.41) is 24.5. The largest absolute Gasteiger partial charge is 0.396 e. The second-order valence-electron chi connectivity index (χ2n) is 4.94. The Morgan fingerprint density at radius 2 is 1.84 bits per heavy atom. The van der Waals surface area contributed by atoms with Crippen LogP contribution in [0.25, 0.3) is 10.8 Å². The van der Waals surface area contributed by atoms with Crippen LogP contribution >= 0.6 is 0 Å². The standard InChI is InChI=1S/C16H21NO2/c1-12(8-9-18)17-11-16(19)15-7-6-13-4-2-3-5-14(13)10-15/h2-7,10,12,16-19H,8-9,11H2,1H3. The Morgan fingerprint density at radius 1 is 1.11 bits per heavy atom. The SMILES string of the molecule is CC(CCO)NCC(O)c1ccc2ccccc2c1. The lowest BCUT2D eigenvalue weighted by Crippen LogP contribution is -2.31. The van der Waals surface area contributed by atoms with Crippen LogP contribution in [0.3, 0.4) is 0 Å². The van der Waals surface area contributed by atoms with E-state index in [0.717, 1.165) is 10.9 Å². The minimum Gasteiger partial charge on any atom is -0.396 e. The van der Waals surface area contributed by atoms with Gasteiger partial charge in [0.05, 0.1) is 6.10 Å². The number of benzene rings is 2. The van der Waals surface area contributed by atoms with Gasteiger partial charge in [0, 0.05) is 19.2 Å². The van der Waals surface area contributed by atoms with Gasteiger partial charge in [-0.15, -0.1) is 0 Å². The first-order valence-corrected chi connectivity index (χ1v) is 6.71. The fourth-order valence-electron chi connectivity index (χ4n) is 2.14. The minimum atomic E-state index is -0.522. The van der Waals surface area contributed by atoms with Crippen molar-refractivity contribution in [2.75, 3.05) is 13.2 Å². The smallest absolute Gasteiger partial charge is 0.0914 e. The van der Waals surface area contributed by atoms with Crippen molar-refractivity contribution in [1.29, 1.82) is 0 Å². The zero-order valence-electron chi connectivity index (χ0n) is 11.2. The molecule has 0 spiro atoms. The molecule has 0 aliphatic carbocycles. The average molecular weight is 259 g/mol.